The first-order valence-corrected chi connectivity index (χ1v) is 10.6. The molecule has 2 bridgehead atoms. The molecule has 0 radical (unpaired) electrons. The normalized spacial score (nSPS) is 40.9. The Hall–Kier alpha value is -2.14. The first kappa shape index (κ1) is 23.0. The predicted octanol–water partition coefficient (Wildman–Crippen LogP) is -0.0461. The highest BCUT2D eigenvalue weighted by molar-refractivity contribution is 5.97. The van der Waals surface area contributed by atoms with Crippen molar-refractivity contribution in [3.8, 4) is 0 Å². The van der Waals surface area contributed by atoms with E-state index in [0.717, 1.165) is 0 Å². The number of allylic oxidation sites excluding steroid dienone is 1. The van der Waals surface area contributed by atoms with Crippen molar-refractivity contribution in [2.75, 3.05) is 13.2 Å². The maximum atomic E-state index is 12.3. The minimum atomic E-state index is -1.61. The average molecular weight is 448 g/mol. The summed E-state index contributed by atoms with van der Waals surface area (Å²) in [4.78, 5) is 24.5. The molecule has 0 spiro atoms. The zero-order chi connectivity index (χ0) is 23.3. The lowest BCUT2D eigenvalue weighted by atomic mass is 9.45. The Morgan fingerprint density at radius 1 is 1.16 bits per heavy atom. The van der Waals surface area contributed by atoms with E-state index in [0.29, 0.717) is 17.6 Å². The molecular weight excluding hydrogens is 420 g/mol. The Morgan fingerprint density at radius 3 is 2.47 bits per heavy atom. The molecule has 9 heteroatoms. The van der Waals surface area contributed by atoms with Gasteiger partial charge in [0.1, 0.15) is 36.6 Å². The quantitative estimate of drug-likeness (QED) is 0.441. The Bertz CT molecular complexity index is 915. The van der Waals surface area contributed by atoms with Gasteiger partial charge in [0.25, 0.3) is 0 Å². The number of fused-ring (bicyclic) bond motifs is 1. The highest BCUT2D eigenvalue weighted by atomic mass is 16.7. The first-order chi connectivity index (χ1) is 15.1. The lowest BCUT2D eigenvalue weighted by molar-refractivity contribution is -0.357. The van der Waals surface area contributed by atoms with Crippen LogP contribution in [0.3, 0.4) is 0 Å². The maximum Gasteiger partial charge on any atom is 0.338 e. The van der Waals surface area contributed by atoms with Gasteiger partial charge in [0.15, 0.2) is 12.1 Å². The van der Waals surface area contributed by atoms with Crippen LogP contribution >= 0.6 is 0 Å². The van der Waals surface area contributed by atoms with E-state index in [1.807, 2.05) is 0 Å². The molecule has 1 saturated heterocycles. The van der Waals surface area contributed by atoms with Crippen LogP contribution in [0.1, 0.15) is 30.6 Å². The Labute approximate surface area is 185 Å². The van der Waals surface area contributed by atoms with Gasteiger partial charge in [0, 0.05) is 11.3 Å². The van der Waals surface area contributed by atoms with Gasteiger partial charge in [-0.1, -0.05) is 25.1 Å². The largest absolute Gasteiger partial charge is 0.459 e. The second kappa shape index (κ2) is 8.33. The van der Waals surface area contributed by atoms with Crippen LogP contribution in [0.2, 0.25) is 0 Å². The van der Waals surface area contributed by atoms with Crippen molar-refractivity contribution in [3.05, 3.63) is 47.5 Å². The summed E-state index contributed by atoms with van der Waals surface area (Å²) < 4.78 is 17.1. The summed E-state index contributed by atoms with van der Waals surface area (Å²) in [5.41, 5.74) is -1.08. The Kier molecular flexibility index (Phi) is 6.00. The van der Waals surface area contributed by atoms with Crippen molar-refractivity contribution >= 4 is 11.8 Å². The predicted molar refractivity (Wildman–Crippen MR) is 109 cm³/mol. The zero-order valence-corrected chi connectivity index (χ0v) is 17.9. The Morgan fingerprint density at radius 2 is 1.84 bits per heavy atom. The van der Waals surface area contributed by atoms with Gasteiger partial charge in [-0.15, -0.1) is 0 Å². The number of carbonyl (C=O) groups excluding carboxylic acids is 2. The van der Waals surface area contributed by atoms with Gasteiger partial charge in [-0.2, -0.15) is 0 Å². The van der Waals surface area contributed by atoms with Crippen LogP contribution in [-0.4, -0.2) is 81.7 Å². The number of hydrogen-bond acceptors (Lipinski definition) is 9. The van der Waals surface area contributed by atoms with Crippen LogP contribution in [0, 0.1) is 11.3 Å². The lowest BCUT2D eigenvalue weighted by Gasteiger charge is -2.64. The number of ether oxygens (including phenoxy) is 3. The molecule has 1 aliphatic heterocycles. The molecule has 3 aliphatic carbocycles. The smallest absolute Gasteiger partial charge is 0.338 e. The van der Waals surface area contributed by atoms with E-state index in [4.69, 9.17) is 14.2 Å². The molecule has 4 N–H and O–H groups in total. The molecule has 9 nitrogen and oxygen atoms in total. The van der Waals surface area contributed by atoms with Crippen LogP contribution in [0.5, 0.6) is 0 Å². The van der Waals surface area contributed by atoms with Crippen molar-refractivity contribution < 1.29 is 44.2 Å². The lowest BCUT2D eigenvalue weighted by Crippen LogP contribution is -2.72. The molecule has 32 heavy (non-hydrogen) atoms. The molecule has 0 amide bonds. The number of rotatable bonds is 6. The fourth-order valence-electron chi connectivity index (χ4n) is 5.03. The molecule has 1 aromatic rings. The van der Waals surface area contributed by atoms with Crippen molar-refractivity contribution in [1.29, 1.82) is 0 Å². The molecule has 1 heterocycles. The molecule has 2 fully saturated rings. The second-order valence-electron chi connectivity index (χ2n) is 8.99. The number of ketones is 1. The average Bonchev–Trinajstić information content (AvgIpc) is 2.79. The third kappa shape index (κ3) is 3.40. The van der Waals surface area contributed by atoms with Gasteiger partial charge >= 0.3 is 5.97 Å². The summed E-state index contributed by atoms with van der Waals surface area (Å²) in [6.45, 7) is 2.75. The van der Waals surface area contributed by atoms with E-state index in [2.05, 4.69) is 0 Å². The van der Waals surface area contributed by atoms with Gasteiger partial charge in [-0.05, 0) is 37.1 Å². The molecule has 8 atom stereocenters. The van der Waals surface area contributed by atoms with Crippen molar-refractivity contribution in [2.45, 2.75) is 56.6 Å². The summed E-state index contributed by atoms with van der Waals surface area (Å²) >= 11 is 0. The minimum Gasteiger partial charge on any atom is -0.459 e. The van der Waals surface area contributed by atoms with Gasteiger partial charge < -0.3 is 34.6 Å². The van der Waals surface area contributed by atoms with E-state index < -0.39 is 53.6 Å². The first-order valence-electron chi connectivity index (χ1n) is 10.6. The molecule has 174 valence electrons. The molecule has 1 unspecified atom stereocenters. The SMILES string of the molecule is CC1=CC(=O)[C@H]2C[C@]1(O[C@@H]1O[C@H](COC(=O)c3ccccc3)[C@@H](O)[C@H](O)[C@H]1O)C2(C)CO. The number of carbonyl (C=O) groups is 2. The molecule has 1 saturated carbocycles. The van der Waals surface area contributed by atoms with E-state index in [9.17, 15) is 30.0 Å². The number of hydrogen-bond donors (Lipinski definition) is 4. The Balaban J connectivity index is 1.50. The summed E-state index contributed by atoms with van der Waals surface area (Å²) in [7, 11) is 0. The maximum absolute atomic E-state index is 12.3. The summed E-state index contributed by atoms with van der Waals surface area (Å²) in [5, 5.41) is 41.3. The number of esters is 1. The van der Waals surface area contributed by atoms with Gasteiger partial charge in [-0.3, -0.25) is 4.79 Å². The van der Waals surface area contributed by atoms with Crippen LogP contribution in [0.25, 0.3) is 0 Å². The summed E-state index contributed by atoms with van der Waals surface area (Å²) in [6, 6.07) is 8.27. The second-order valence-corrected chi connectivity index (χ2v) is 8.99. The highest BCUT2D eigenvalue weighted by Crippen LogP contribution is 2.63. The van der Waals surface area contributed by atoms with Gasteiger partial charge in [0.2, 0.25) is 0 Å². The zero-order valence-electron chi connectivity index (χ0n) is 17.9. The fraction of sp³-hybridized carbons (Fsp3) is 0.565. The molecule has 1 aromatic carbocycles. The van der Waals surface area contributed by atoms with Crippen molar-refractivity contribution in [1.82, 2.24) is 0 Å². The van der Waals surface area contributed by atoms with E-state index >= 15 is 0 Å². The molecule has 4 aliphatic rings. The van der Waals surface area contributed by atoms with Crippen LogP contribution < -0.4 is 0 Å². The van der Waals surface area contributed by atoms with Crippen LogP contribution in [0.4, 0.5) is 0 Å². The topological polar surface area (TPSA) is 143 Å². The summed E-state index contributed by atoms with van der Waals surface area (Å²) in [5.74, 6) is -1.14. The monoisotopic (exact) mass is 448 g/mol. The minimum absolute atomic E-state index is 0.0872. The van der Waals surface area contributed by atoms with Gasteiger partial charge in [0.05, 0.1) is 12.2 Å². The third-order valence-electron chi connectivity index (χ3n) is 7.22. The number of benzene rings is 1. The fourth-order valence-corrected chi connectivity index (χ4v) is 5.03. The van der Waals surface area contributed by atoms with E-state index in [1.165, 1.54) is 6.08 Å². The van der Waals surface area contributed by atoms with Crippen LogP contribution in [0.15, 0.2) is 42.0 Å². The number of aliphatic hydroxyl groups is 4. The molecule has 5 rings (SSSR count). The van der Waals surface area contributed by atoms with Gasteiger partial charge in [-0.25, -0.2) is 4.79 Å². The third-order valence-corrected chi connectivity index (χ3v) is 7.22. The number of aliphatic hydroxyl groups excluding tert-OH is 4. The van der Waals surface area contributed by atoms with E-state index in [1.54, 1.807) is 44.2 Å². The van der Waals surface area contributed by atoms with E-state index in [-0.39, 0.29) is 19.0 Å². The van der Waals surface area contributed by atoms with Crippen LogP contribution in [-0.2, 0) is 19.0 Å². The van der Waals surface area contributed by atoms with Crippen molar-refractivity contribution in [2.24, 2.45) is 11.3 Å². The van der Waals surface area contributed by atoms with Crippen molar-refractivity contribution in [3.63, 3.8) is 0 Å². The standard InChI is InChI=1S/C23H28O9/c1-12-8-15(25)14-9-23(12,22(14,2)11-24)32-21-19(28)18(27)17(26)16(31-21)10-30-20(29)13-6-4-3-5-7-13/h3-8,14,16-19,21,24,26-28H,9-11H2,1-2H3/t14-,16-,17-,18+,19-,21+,22?,23-/m1/s1. The summed E-state index contributed by atoms with van der Waals surface area (Å²) in [6.07, 6.45) is -5.49. The highest BCUT2D eigenvalue weighted by Gasteiger charge is 2.70. The molecular formula is C23H28O9. The molecule has 0 aromatic heterocycles.